The second-order valence-corrected chi connectivity index (χ2v) is 6.92. The van der Waals surface area contributed by atoms with Crippen LogP contribution in [0.1, 0.15) is 16.8 Å². The lowest BCUT2D eigenvalue weighted by molar-refractivity contribution is -0.113. The summed E-state index contributed by atoms with van der Waals surface area (Å²) < 4.78 is 5.11. The van der Waals surface area contributed by atoms with Gasteiger partial charge < -0.3 is 10.1 Å². The molecule has 0 saturated heterocycles. The molecule has 130 valence electrons. The Labute approximate surface area is 160 Å². The molecule has 0 atom stereocenters. The summed E-state index contributed by atoms with van der Waals surface area (Å²) in [6, 6.07) is 8.77. The quantitative estimate of drug-likeness (QED) is 0.731. The number of thioether (sulfide) groups is 1. The third-order valence-corrected chi connectivity index (χ3v) is 4.69. The van der Waals surface area contributed by atoms with Crippen molar-refractivity contribution < 1.29 is 9.53 Å². The Kier molecular flexibility index (Phi) is 7.09. The molecule has 0 aliphatic heterocycles. The van der Waals surface area contributed by atoms with Crippen LogP contribution >= 0.6 is 35.0 Å². The van der Waals surface area contributed by atoms with Crippen molar-refractivity contribution in [2.75, 3.05) is 18.2 Å². The van der Waals surface area contributed by atoms with E-state index < -0.39 is 0 Å². The summed E-state index contributed by atoms with van der Waals surface area (Å²) in [6.45, 7) is 2.14. The highest BCUT2D eigenvalue weighted by Crippen LogP contribution is 2.27. The molecule has 0 aliphatic rings. The molecule has 1 aromatic carbocycles. The van der Waals surface area contributed by atoms with Gasteiger partial charge in [-0.1, -0.05) is 35.0 Å². The fraction of sp³-hybridized carbons (Fsp3) is 0.235. The second kappa shape index (κ2) is 9.07. The number of carbonyl (C=O) groups is 1. The van der Waals surface area contributed by atoms with E-state index in [1.807, 2.05) is 6.92 Å². The van der Waals surface area contributed by atoms with Crippen LogP contribution in [0.3, 0.4) is 0 Å². The summed E-state index contributed by atoms with van der Waals surface area (Å²) in [6.07, 6.45) is 0. The molecule has 0 fully saturated rings. The van der Waals surface area contributed by atoms with Crippen LogP contribution in [-0.2, 0) is 16.1 Å². The minimum absolute atomic E-state index is 0.0837. The molecule has 2 rings (SSSR count). The minimum atomic E-state index is -0.269. The summed E-state index contributed by atoms with van der Waals surface area (Å²) in [5, 5.41) is 13.5. The Morgan fingerprint density at radius 1 is 1.40 bits per heavy atom. The lowest BCUT2D eigenvalue weighted by Gasteiger charge is -2.10. The van der Waals surface area contributed by atoms with E-state index in [4.69, 9.17) is 27.9 Å². The molecular weight excluding hydrogens is 381 g/mol. The normalized spacial score (nSPS) is 10.4. The predicted octanol–water partition coefficient (Wildman–Crippen LogP) is 4.45. The van der Waals surface area contributed by atoms with E-state index in [0.29, 0.717) is 32.9 Å². The van der Waals surface area contributed by atoms with Crippen molar-refractivity contribution in [3.8, 4) is 6.07 Å². The van der Waals surface area contributed by atoms with Crippen LogP contribution in [0, 0.1) is 18.3 Å². The lowest BCUT2D eigenvalue weighted by Crippen LogP contribution is -2.15. The topological polar surface area (TPSA) is 75.0 Å². The van der Waals surface area contributed by atoms with Gasteiger partial charge in [0.05, 0.1) is 28.6 Å². The van der Waals surface area contributed by atoms with E-state index in [2.05, 4.69) is 16.4 Å². The SMILES string of the molecule is COCc1cc(C)nc(SCC(=O)Nc2cc(Cl)ccc2Cl)c1C#N. The average molecular weight is 396 g/mol. The van der Waals surface area contributed by atoms with Crippen LogP contribution in [0.4, 0.5) is 5.69 Å². The molecule has 25 heavy (non-hydrogen) atoms. The fourth-order valence-corrected chi connectivity index (χ4v) is 3.32. The van der Waals surface area contributed by atoms with Crippen LogP contribution in [-0.4, -0.2) is 23.8 Å². The fourth-order valence-electron chi connectivity index (χ4n) is 2.12. The van der Waals surface area contributed by atoms with Gasteiger partial charge in [-0.15, -0.1) is 0 Å². The Morgan fingerprint density at radius 2 is 2.16 bits per heavy atom. The molecule has 1 N–H and O–H groups in total. The predicted molar refractivity (Wildman–Crippen MR) is 100 cm³/mol. The molecule has 1 amide bonds. The number of benzene rings is 1. The standard InChI is InChI=1S/C17H15Cl2N3O2S/c1-10-5-11(8-24-2)13(7-20)17(21-10)25-9-16(23)22-15-6-12(18)3-4-14(15)19/h3-6H,8-9H2,1-2H3,(H,22,23). The first-order chi connectivity index (χ1) is 11.9. The van der Waals surface area contributed by atoms with Gasteiger partial charge in [-0.05, 0) is 36.8 Å². The number of carbonyl (C=O) groups excluding carboxylic acids is 1. The number of halogens is 2. The van der Waals surface area contributed by atoms with Crippen LogP contribution < -0.4 is 5.32 Å². The molecule has 0 radical (unpaired) electrons. The van der Waals surface area contributed by atoms with Crippen LogP contribution in [0.15, 0.2) is 29.3 Å². The van der Waals surface area contributed by atoms with Gasteiger partial charge in [0, 0.05) is 17.8 Å². The number of aromatic nitrogens is 1. The summed E-state index contributed by atoms with van der Waals surface area (Å²) >= 11 is 13.1. The lowest BCUT2D eigenvalue weighted by atomic mass is 10.1. The molecular formula is C17H15Cl2N3O2S. The van der Waals surface area contributed by atoms with Crippen LogP contribution in [0.5, 0.6) is 0 Å². The van der Waals surface area contributed by atoms with Gasteiger partial charge in [0.2, 0.25) is 5.91 Å². The number of nitriles is 1. The monoisotopic (exact) mass is 395 g/mol. The number of anilines is 1. The maximum Gasteiger partial charge on any atom is 0.234 e. The van der Waals surface area contributed by atoms with Gasteiger partial charge in [-0.25, -0.2) is 4.98 Å². The Balaban J connectivity index is 2.11. The number of pyridine rings is 1. The maximum atomic E-state index is 12.2. The Bertz CT molecular complexity index is 837. The Hall–Kier alpha value is -1.78. The van der Waals surface area contributed by atoms with Gasteiger partial charge in [-0.2, -0.15) is 5.26 Å². The van der Waals surface area contributed by atoms with E-state index in [-0.39, 0.29) is 11.7 Å². The molecule has 0 aliphatic carbocycles. The van der Waals surface area contributed by atoms with Gasteiger partial charge >= 0.3 is 0 Å². The second-order valence-electron chi connectivity index (χ2n) is 5.11. The van der Waals surface area contributed by atoms with Crippen molar-refractivity contribution in [2.24, 2.45) is 0 Å². The van der Waals surface area contributed by atoms with Gasteiger partial charge in [0.1, 0.15) is 11.1 Å². The van der Waals surface area contributed by atoms with Gasteiger partial charge in [-0.3, -0.25) is 4.79 Å². The van der Waals surface area contributed by atoms with Gasteiger partial charge in [0.15, 0.2) is 0 Å². The zero-order chi connectivity index (χ0) is 18.4. The number of rotatable bonds is 6. The molecule has 0 spiro atoms. The smallest absolute Gasteiger partial charge is 0.234 e. The zero-order valence-corrected chi connectivity index (χ0v) is 15.9. The van der Waals surface area contributed by atoms with E-state index in [9.17, 15) is 10.1 Å². The number of hydrogen-bond acceptors (Lipinski definition) is 5. The highest BCUT2D eigenvalue weighted by Gasteiger charge is 2.14. The van der Waals surface area contributed by atoms with Crippen molar-refractivity contribution in [3.63, 3.8) is 0 Å². The number of ether oxygens (including phenoxy) is 1. The molecule has 0 bridgehead atoms. The van der Waals surface area contributed by atoms with E-state index in [1.54, 1.807) is 31.4 Å². The first kappa shape index (κ1) is 19.5. The maximum absolute atomic E-state index is 12.2. The number of hydrogen-bond donors (Lipinski definition) is 1. The van der Waals surface area contributed by atoms with Crippen LogP contribution in [0.25, 0.3) is 0 Å². The number of nitrogens with one attached hydrogen (secondary N) is 1. The van der Waals surface area contributed by atoms with Crippen molar-refractivity contribution in [2.45, 2.75) is 18.6 Å². The minimum Gasteiger partial charge on any atom is -0.380 e. The summed E-state index contributed by atoms with van der Waals surface area (Å²) in [4.78, 5) is 16.5. The number of amides is 1. The third-order valence-electron chi connectivity index (χ3n) is 3.15. The van der Waals surface area contributed by atoms with Crippen molar-refractivity contribution in [3.05, 3.63) is 51.1 Å². The zero-order valence-electron chi connectivity index (χ0n) is 13.6. The third kappa shape index (κ3) is 5.35. The first-order valence-electron chi connectivity index (χ1n) is 7.22. The molecule has 0 unspecified atom stereocenters. The summed E-state index contributed by atoms with van der Waals surface area (Å²) in [7, 11) is 1.56. The summed E-state index contributed by atoms with van der Waals surface area (Å²) in [5.41, 5.74) is 2.37. The van der Waals surface area contributed by atoms with Crippen molar-refractivity contribution >= 4 is 46.6 Å². The largest absolute Gasteiger partial charge is 0.380 e. The van der Waals surface area contributed by atoms with Crippen molar-refractivity contribution in [1.29, 1.82) is 5.26 Å². The van der Waals surface area contributed by atoms with Gasteiger partial charge in [0.25, 0.3) is 0 Å². The number of methoxy groups -OCH3 is 1. The Morgan fingerprint density at radius 3 is 2.84 bits per heavy atom. The molecule has 5 nitrogen and oxygen atoms in total. The van der Waals surface area contributed by atoms with E-state index >= 15 is 0 Å². The highest BCUT2D eigenvalue weighted by atomic mass is 35.5. The molecule has 2 aromatic rings. The number of nitrogens with zero attached hydrogens (tertiary/aromatic N) is 2. The molecule has 1 heterocycles. The highest BCUT2D eigenvalue weighted by molar-refractivity contribution is 8.00. The summed E-state index contributed by atoms with van der Waals surface area (Å²) in [5.74, 6) is -0.185. The molecule has 8 heteroatoms. The van der Waals surface area contributed by atoms with E-state index in [0.717, 1.165) is 11.3 Å². The number of aryl methyl sites for hydroxylation is 1. The average Bonchev–Trinajstić information content (AvgIpc) is 2.56. The molecule has 0 saturated carbocycles. The first-order valence-corrected chi connectivity index (χ1v) is 8.96. The van der Waals surface area contributed by atoms with Crippen molar-refractivity contribution in [1.82, 2.24) is 4.98 Å². The molecule has 1 aromatic heterocycles. The van der Waals surface area contributed by atoms with Crippen LogP contribution in [0.2, 0.25) is 10.0 Å². The van der Waals surface area contributed by atoms with E-state index in [1.165, 1.54) is 11.8 Å².